The van der Waals surface area contributed by atoms with Crippen LogP contribution in [-0.4, -0.2) is 54.3 Å². The molecule has 2 heterocycles. The second kappa shape index (κ2) is 8.57. The van der Waals surface area contributed by atoms with E-state index in [0.29, 0.717) is 12.0 Å². The van der Waals surface area contributed by atoms with Gasteiger partial charge in [-0.2, -0.15) is 0 Å². The van der Waals surface area contributed by atoms with Crippen LogP contribution in [0.3, 0.4) is 0 Å². The predicted molar refractivity (Wildman–Crippen MR) is 110 cm³/mol. The monoisotopic (exact) mass is 377 g/mol. The maximum atomic E-state index is 12.8. The number of amides is 2. The fraction of sp³-hybridized carbons (Fsp3) is 0.391. The average Bonchev–Trinajstić information content (AvgIpc) is 2.75. The lowest BCUT2D eigenvalue weighted by molar-refractivity contribution is -0.119. The molecular weight excluding hydrogens is 350 g/mol. The molecule has 0 saturated carbocycles. The Labute approximate surface area is 166 Å². The highest BCUT2D eigenvalue weighted by Crippen LogP contribution is 2.22. The molecule has 2 amide bonds. The first kappa shape index (κ1) is 18.7. The summed E-state index contributed by atoms with van der Waals surface area (Å²) in [5, 5.41) is 0. The third kappa shape index (κ3) is 4.25. The van der Waals surface area contributed by atoms with Crippen molar-refractivity contribution in [2.24, 2.45) is 0 Å². The smallest absolute Gasteiger partial charge is 0.253 e. The van der Waals surface area contributed by atoms with Crippen LogP contribution in [0.1, 0.15) is 35.2 Å². The van der Waals surface area contributed by atoms with Crippen molar-refractivity contribution in [3.8, 4) is 0 Å². The quantitative estimate of drug-likeness (QED) is 0.822. The maximum absolute atomic E-state index is 12.8. The van der Waals surface area contributed by atoms with Gasteiger partial charge in [0.15, 0.2) is 0 Å². The van der Waals surface area contributed by atoms with Crippen LogP contribution in [0.25, 0.3) is 0 Å². The number of piperazine rings is 1. The second-order valence-electron chi connectivity index (χ2n) is 7.60. The number of nitrogens with zero attached hydrogens (tertiary/aromatic N) is 3. The topological polar surface area (TPSA) is 43.9 Å². The van der Waals surface area contributed by atoms with Crippen molar-refractivity contribution in [1.29, 1.82) is 0 Å². The van der Waals surface area contributed by atoms with Gasteiger partial charge in [-0.25, -0.2) is 0 Å². The molecule has 2 aromatic carbocycles. The van der Waals surface area contributed by atoms with Gasteiger partial charge in [-0.3, -0.25) is 14.5 Å². The van der Waals surface area contributed by atoms with Gasteiger partial charge < -0.3 is 9.80 Å². The molecule has 5 nitrogen and oxygen atoms in total. The maximum Gasteiger partial charge on any atom is 0.253 e. The van der Waals surface area contributed by atoms with E-state index < -0.39 is 0 Å². The zero-order chi connectivity index (χ0) is 19.3. The van der Waals surface area contributed by atoms with E-state index >= 15 is 0 Å². The van der Waals surface area contributed by atoms with Gasteiger partial charge in [0.25, 0.3) is 5.91 Å². The summed E-state index contributed by atoms with van der Waals surface area (Å²) in [6.07, 6.45) is 2.63. The van der Waals surface area contributed by atoms with Gasteiger partial charge >= 0.3 is 0 Å². The molecule has 0 bridgehead atoms. The lowest BCUT2D eigenvalue weighted by atomic mass is 10.1. The molecule has 4 rings (SSSR count). The lowest BCUT2D eigenvalue weighted by Crippen LogP contribution is -2.48. The predicted octanol–water partition coefficient (Wildman–Crippen LogP) is 3.16. The van der Waals surface area contributed by atoms with E-state index in [4.69, 9.17) is 0 Å². The van der Waals surface area contributed by atoms with Crippen molar-refractivity contribution in [2.75, 3.05) is 37.6 Å². The van der Waals surface area contributed by atoms with Crippen LogP contribution in [0.5, 0.6) is 0 Å². The molecule has 2 aliphatic heterocycles. The third-order valence-electron chi connectivity index (χ3n) is 5.66. The number of rotatable bonds is 4. The number of hydrogen-bond donors (Lipinski definition) is 0. The number of piperidine rings is 1. The summed E-state index contributed by atoms with van der Waals surface area (Å²) in [6.45, 7) is 4.98. The van der Waals surface area contributed by atoms with Gasteiger partial charge in [0.05, 0.1) is 0 Å². The Morgan fingerprint density at radius 3 is 2.21 bits per heavy atom. The third-order valence-corrected chi connectivity index (χ3v) is 5.66. The van der Waals surface area contributed by atoms with Crippen molar-refractivity contribution in [2.45, 2.75) is 25.8 Å². The van der Waals surface area contributed by atoms with Crippen LogP contribution in [0.2, 0.25) is 0 Å². The fourth-order valence-electron chi connectivity index (χ4n) is 4.00. The SMILES string of the molecule is O=C(c1ccc(N2CCCCC2=O)cc1)N1CCN(Cc2ccccc2)CC1. The van der Waals surface area contributed by atoms with Crippen LogP contribution in [-0.2, 0) is 11.3 Å². The normalized spacial score (nSPS) is 18.4. The highest BCUT2D eigenvalue weighted by atomic mass is 16.2. The number of benzene rings is 2. The molecule has 0 unspecified atom stereocenters. The Bertz CT molecular complexity index is 812. The van der Waals surface area contributed by atoms with Crippen LogP contribution >= 0.6 is 0 Å². The number of carbonyl (C=O) groups excluding carboxylic acids is 2. The summed E-state index contributed by atoms with van der Waals surface area (Å²) in [4.78, 5) is 31.1. The Kier molecular flexibility index (Phi) is 5.72. The van der Waals surface area contributed by atoms with E-state index in [1.165, 1.54) is 5.56 Å². The Morgan fingerprint density at radius 1 is 0.821 bits per heavy atom. The van der Waals surface area contributed by atoms with Gasteiger partial charge in [-0.15, -0.1) is 0 Å². The van der Waals surface area contributed by atoms with E-state index in [1.54, 1.807) is 0 Å². The molecule has 0 radical (unpaired) electrons. The molecule has 2 saturated heterocycles. The van der Waals surface area contributed by atoms with Crippen molar-refractivity contribution < 1.29 is 9.59 Å². The van der Waals surface area contributed by atoms with Crippen molar-refractivity contribution >= 4 is 17.5 Å². The highest BCUT2D eigenvalue weighted by Gasteiger charge is 2.23. The lowest BCUT2D eigenvalue weighted by Gasteiger charge is -2.35. The van der Waals surface area contributed by atoms with Crippen LogP contribution < -0.4 is 4.90 Å². The zero-order valence-corrected chi connectivity index (χ0v) is 16.2. The molecule has 0 aliphatic carbocycles. The van der Waals surface area contributed by atoms with Gasteiger partial charge in [0.2, 0.25) is 5.91 Å². The Morgan fingerprint density at radius 2 is 1.54 bits per heavy atom. The van der Waals surface area contributed by atoms with Gasteiger partial charge in [-0.05, 0) is 42.7 Å². The Balaban J connectivity index is 1.33. The largest absolute Gasteiger partial charge is 0.336 e. The average molecular weight is 377 g/mol. The molecule has 2 fully saturated rings. The minimum atomic E-state index is 0.0795. The summed E-state index contributed by atoms with van der Waals surface area (Å²) >= 11 is 0. The summed E-state index contributed by atoms with van der Waals surface area (Å²) in [5.41, 5.74) is 2.91. The Hall–Kier alpha value is -2.66. The van der Waals surface area contributed by atoms with Crippen molar-refractivity contribution in [3.05, 3.63) is 65.7 Å². The van der Waals surface area contributed by atoms with Crippen LogP contribution in [0.15, 0.2) is 54.6 Å². The highest BCUT2D eigenvalue weighted by molar-refractivity contribution is 5.97. The van der Waals surface area contributed by atoms with Gasteiger partial charge in [0, 0.05) is 56.9 Å². The van der Waals surface area contributed by atoms with Crippen molar-refractivity contribution in [1.82, 2.24) is 9.80 Å². The first-order valence-corrected chi connectivity index (χ1v) is 10.2. The standard InChI is InChI=1S/C23H27N3O2/c27-22-8-4-5-13-26(22)21-11-9-20(10-12-21)23(28)25-16-14-24(15-17-25)18-19-6-2-1-3-7-19/h1-3,6-7,9-12H,4-5,8,13-18H2. The molecule has 5 heteroatoms. The summed E-state index contributed by atoms with van der Waals surface area (Å²) in [5.74, 6) is 0.260. The number of hydrogen-bond acceptors (Lipinski definition) is 3. The van der Waals surface area contributed by atoms with E-state index in [2.05, 4.69) is 29.2 Å². The fourth-order valence-corrected chi connectivity index (χ4v) is 4.00. The number of carbonyl (C=O) groups is 2. The summed E-state index contributed by atoms with van der Waals surface area (Å²) in [6, 6.07) is 18.0. The van der Waals surface area contributed by atoms with E-state index in [-0.39, 0.29) is 11.8 Å². The molecule has 2 aliphatic rings. The minimum Gasteiger partial charge on any atom is -0.336 e. The first-order valence-electron chi connectivity index (χ1n) is 10.2. The first-order chi connectivity index (χ1) is 13.7. The summed E-state index contributed by atoms with van der Waals surface area (Å²) in [7, 11) is 0. The van der Waals surface area contributed by atoms with Gasteiger partial charge in [-0.1, -0.05) is 30.3 Å². The molecule has 0 atom stereocenters. The molecule has 0 aromatic heterocycles. The number of anilines is 1. The van der Waals surface area contributed by atoms with E-state index in [1.807, 2.05) is 40.1 Å². The summed E-state index contributed by atoms with van der Waals surface area (Å²) < 4.78 is 0. The second-order valence-corrected chi connectivity index (χ2v) is 7.60. The van der Waals surface area contributed by atoms with E-state index in [0.717, 1.165) is 57.8 Å². The molecule has 2 aromatic rings. The molecule has 0 spiro atoms. The van der Waals surface area contributed by atoms with Crippen LogP contribution in [0, 0.1) is 0 Å². The molecule has 28 heavy (non-hydrogen) atoms. The molecule has 0 N–H and O–H groups in total. The zero-order valence-electron chi connectivity index (χ0n) is 16.2. The van der Waals surface area contributed by atoms with Crippen LogP contribution in [0.4, 0.5) is 5.69 Å². The minimum absolute atomic E-state index is 0.0795. The van der Waals surface area contributed by atoms with Gasteiger partial charge in [0.1, 0.15) is 0 Å². The van der Waals surface area contributed by atoms with Crippen molar-refractivity contribution in [3.63, 3.8) is 0 Å². The van der Waals surface area contributed by atoms with E-state index in [9.17, 15) is 9.59 Å². The molecule has 146 valence electrons. The molecular formula is C23H27N3O2.